The molecule has 8 nitrogen and oxygen atoms in total. The van der Waals surface area contributed by atoms with Gasteiger partial charge in [0.2, 0.25) is 5.91 Å². The number of anilines is 2. The number of aryl methyl sites for hydroxylation is 1. The van der Waals surface area contributed by atoms with Gasteiger partial charge in [0.1, 0.15) is 5.82 Å². The number of nitrogens with one attached hydrogen (secondary N) is 1. The van der Waals surface area contributed by atoms with Crippen LogP contribution in [-0.4, -0.2) is 20.4 Å². The molecular weight excluding hydrogens is 438 g/mol. The first-order chi connectivity index (χ1) is 15.9. The Bertz CT molecular complexity index is 1380. The Hall–Kier alpha value is -3.98. The highest BCUT2D eigenvalue weighted by Crippen LogP contribution is 2.22. The van der Waals surface area contributed by atoms with Crippen molar-refractivity contribution in [3.63, 3.8) is 0 Å². The topological polar surface area (TPSA) is 114 Å². The fourth-order valence-corrected chi connectivity index (χ4v) is 4.17. The van der Waals surface area contributed by atoms with Crippen molar-refractivity contribution in [3.05, 3.63) is 109 Å². The van der Waals surface area contributed by atoms with E-state index in [9.17, 15) is 14.4 Å². The predicted molar refractivity (Wildman–Crippen MR) is 129 cm³/mol. The Labute approximate surface area is 194 Å². The van der Waals surface area contributed by atoms with Crippen LogP contribution in [0, 0.1) is 6.92 Å². The summed E-state index contributed by atoms with van der Waals surface area (Å²) < 4.78 is 1.27. The summed E-state index contributed by atoms with van der Waals surface area (Å²) in [6.45, 7) is 2.15. The van der Waals surface area contributed by atoms with Crippen LogP contribution in [0.2, 0.25) is 0 Å². The summed E-state index contributed by atoms with van der Waals surface area (Å²) in [7, 11) is 0. The molecule has 2 heterocycles. The molecule has 0 spiro atoms. The van der Waals surface area contributed by atoms with Crippen molar-refractivity contribution in [3.8, 4) is 0 Å². The van der Waals surface area contributed by atoms with Gasteiger partial charge in [0.05, 0.1) is 30.2 Å². The highest BCUT2D eigenvalue weighted by molar-refractivity contribution is 7.09. The van der Waals surface area contributed by atoms with Crippen LogP contribution in [0.3, 0.4) is 0 Å². The van der Waals surface area contributed by atoms with Crippen LogP contribution in [0.1, 0.15) is 21.8 Å². The van der Waals surface area contributed by atoms with Gasteiger partial charge in [-0.3, -0.25) is 24.0 Å². The fourth-order valence-electron chi connectivity index (χ4n) is 3.56. The molecule has 1 amide bonds. The quantitative estimate of drug-likeness (QED) is 0.439. The number of hydrogen-bond acceptors (Lipinski definition) is 6. The Balaban J connectivity index is 1.78. The van der Waals surface area contributed by atoms with Gasteiger partial charge < -0.3 is 5.73 Å². The van der Waals surface area contributed by atoms with E-state index in [-0.39, 0.29) is 36.9 Å². The molecule has 0 bridgehead atoms. The van der Waals surface area contributed by atoms with Gasteiger partial charge in [0.25, 0.3) is 5.56 Å². The van der Waals surface area contributed by atoms with E-state index in [1.165, 1.54) is 20.8 Å². The average Bonchev–Trinajstić information content (AvgIpc) is 3.21. The molecule has 0 unspecified atom stereocenters. The molecule has 4 aromatic rings. The SMILES string of the molecule is Cc1nc(CC(=O)N(Cc2ccccc2)c2c(N)n(Cc3ccccc3)c(=O)[nH]c2=O)cs1. The number of nitrogen functional groups attached to an aromatic ring is 1. The second kappa shape index (κ2) is 9.66. The van der Waals surface area contributed by atoms with E-state index in [1.807, 2.05) is 73.0 Å². The minimum atomic E-state index is -0.708. The summed E-state index contributed by atoms with van der Waals surface area (Å²) in [5.41, 5.74) is 7.24. The molecule has 0 radical (unpaired) electrons. The molecule has 2 aromatic carbocycles. The zero-order chi connectivity index (χ0) is 23.4. The van der Waals surface area contributed by atoms with Gasteiger partial charge in [-0.1, -0.05) is 60.7 Å². The Kier molecular flexibility index (Phi) is 6.50. The van der Waals surface area contributed by atoms with E-state index in [0.29, 0.717) is 5.69 Å². The number of aromatic nitrogens is 3. The first kappa shape index (κ1) is 22.2. The van der Waals surface area contributed by atoms with Crippen molar-refractivity contribution in [2.45, 2.75) is 26.4 Å². The van der Waals surface area contributed by atoms with E-state index < -0.39 is 11.2 Å². The van der Waals surface area contributed by atoms with Crippen LogP contribution in [0.25, 0.3) is 0 Å². The Morgan fingerprint density at radius 2 is 1.70 bits per heavy atom. The smallest absolute Gasteiger partial charge is 0.330 e. The molecule has 0 saturated heterocycles. The number of H-pyrrole nitrogens is 1. The molecule has 4 rings (SSSR count). The van der Waals surface area contributed by atoms with E-state index in [0.717, 1.165) is 16.1 Å². The molecule has 2 aromatic heterocycles. The summed E-state index contributed by atoms with van der Waals surface area (Å²) in [5.74, 6) is -0.405. The summed E-state index contributed by atoms with van der Waals surface area (Å²) in [6.07, 6.45) is 0.00780. The average molecular weight is 462 g/mol. The van der Waals surface area contributed by atoms with Crippen LogP contribution in [0.4, 0.5) is 11.5 Å². The van der Waals surface area contributed by atoms with Gasteiger partial charge in [-0.25, -0.2) is 9.78 Å². The van der Waals surface area contributed by atoms with Crippen LogP contribution in [-0.2, 0) is 24.3 Å². The molecule has 0 fully saturated rings. The largest absolute Gasteiger partial charge is 0.383 e. The number of benzene rings is 2. The lowest BCUT2D eigenvalue weighted by atomic mass is 10.2. The highest BCUT2D eigenvalue weighted by Gasteiger charge is 2.25. The minimum absolute atomic E-state index is 0.00780. The molecule has 0 aliphatic carbocycles. The second-order valence-electron chi connectivity index (χ2n) is 7.56. The number of carbonyl (C=O) groups is 1. The number of amides is 1. The maximum atomic E-state index is 13.4. The maximum Gasteiger partial charge on any atom is 0.330 e. The molecule has 9 heteroatoms. The summed E-state index contributed by atoms with van der Waals surface area (Å²) in [5, 5.41) is 2.67. The number of nitrogens with zero attached hydrogens (tertiary/aromatic N) is 3. The van der Waals surface area contributed by atoms with Crippen LogP contribution < -0.4 is 21.9 Å². The van der Waals surface area contributed by atoms with Crippen molar-refractivity contribution >= 4 is 28.7 Å². The molecule has 33 heavy (non-hydrogen) atoms. The molecule has 0 aliphatic heterocycles. The maximum absolute atomic E-state index is 13.4. The minimum Gasteiger partial charge on any atom is -0.383 e. The number of aromatic amines is 1. The van der Waals surface area contributed by atoms with Crippen molar-refractivity contribution in [2.75, 3.05) is 10.6 Å². The molecule has 0 saturated carbocycles. The summed E-state index contributed by atoms with van der Waals surface area (Å²) in [4.78, 5) is 46.9. The van der Waals surface area contributed by atoms with Crippen molar-refractivity contribution in [2.24, 2.45) is 0 Å². The van der Waals surface area contributed by atoms with E-state index in [4.69, 9.17) is 5.73 Å². The Morgan fingerprint density at radius 1 is 1.06 bits per heavy atom. The normalized spacial score (nSPS) is 10.8. The lowest BCUT2D eigenvalue weighted by Gasteiger charge is -2.24. The molecule has 0 aliphatic rings. The Morgan fingerprint density at radius 3 is 2.30 bits per heavy atom. The van der Waals surface area contributed by atoms with E-state index in [1.54, 1.807) is 0 Å². The third-order valence-corrected chi connectivity index (χ3v) is 5.97. The lowest BCUT2D eigenvalue weighted by Crippen LogP contribution is -2.41. The molecule has 168 valence electrons. The first-order valence-corrected chi connectivity index (χ1v) is 11.2. The highest BCUT2D eigenvalue weighted by atomic mass is 32.1. The van der Waals surface area contributed by atoms with Crippen molar-refractivity contribution in [1.29, 1.82) is 0 Å². The zero-order valence-electron chi connectivity index (χ0n) is 18.0. The summed E-state index contributed by atoms with van der Waals surface area (Å²) >= 11 is 1.45. The molecule has 0 atom stereocenters. The van der Waals surface area contributed by atoms with Gasteiger partial charge in [-0.05, 0) is 18.1 Å². The third-order valence-electron chi connectivity index (χ3n) is 5.15. The van der Waals surface area contributed by atoms with Gasteiger partial charge in [-0.15, -0.1) is 11.3 Å². The van der Waals surface area contributed by atoms with Crippen LogP contribution in [0.15, 0.2) is 75.6 Å². The first-order valence-electron chi connectivity index (χ1n) is 10.3. The number of thiazole rings is 1. The predicted octanol–water partition coefficient (Wildman–Crippen LogP) is 2.71. The standard InChI is InChI=1S/C24H23N5O3S/c1-16-26-19(15-33-16)12-20(30)28(13-17-8-4-2-5-9-17)21-22(25)29(24(32)27-23(21)31)14-18-10-6-3-7-11-18/h2-11,15H,12-14,25H2,1H3,(H,27,31,32). The zero-order valence-corrected chi connectivity index (χ0v) is 18.8. The lowest BCUT2D eigenvalue weighted by molar-refractivity contribution is -0.118. The van der Waals surface area contributed by atoms with Gasteiger partial charge in [-0.2, -0.15) is 0 Å². The molecule has 3 N–H and O–H groups in total. The number of carbonyl (C=O) groups excluding carboxylic acids is 1. The fraction of sp³-hybridized carbons (Fsp3) is 0.167. The molecular formula is C24H23N5O3S. The third kappa shape index (κ3) is 5.09. The van der Waals surface area contributed by atoms with Gasteiger partial charge in [0.15, 0.2) is 5.69 Å². The summed E-state index contributed by atoms with van der Waals surface area (Å²) in [6, 6.07) is 18.6. The number of nitrogens with two attached hydrogens (primary N) is 1. The van der Waals surface area contributed by atoms with Crippen LogP contribution >= 0.6 is 11.3 Å². The van der Waals surface area contributed by atoms with Crippen molar-refractivity contribution < 1.29 is 4.79 Å². The number of rotatable bonds is 7. The monoisotopic (exact) mass is 461 g/mol. The van der Waals surface area contributed by atoms with Gasteiger partial charge in [0, 0.05) is 5.38 Å². The second-order valence-corrected chi connectivity index (χ2v) is 8.63. The van der Waals surface area contributed by atoms with E-state index in [2.05, 4.69) is 9.97 Å². The van der Waals surface area contributed by atoms with E-state index >= 15 is 0 Å². The van der Waals surface area contributed by atoms with Gasteiger partial charge >= 0.3 is 5.69 Å². The van der Waals surface area contributed by atoms with Crippen LogP contribution in [0.5, 0.6) is 0 Å². The number of hydrogen-bond donors (Lipinski definition) is 2. The van der Waals surface area contributed by atoms with Crippen molar-refractivity contribution in [1.82, 2.24) is 14.5 Å².